The van der Waals surface area contributed by atoms with Gasteiger partial charge < -0.3 is 24.4 Å². The molecule has 2 amide bonds. The molecule has 2 aromatic carbocycles. The van der Waals surface area contributed by atoms with Gasteiger partial charge in [0.1, 0.15) is 17.2 Å². The van der Waals surface area contributed by atoms with Crippen molar-refractivity contribution in [2.24, 2.45) is 0 Å². The van der Waals surface area contributed by atoms with Crippen LogP contribution in [0.3, 0.4) is 0 Å². The molecule has 0 saturated carbocycles. The van der Waals surface area contributed by atoms with Crippen molar-refractivity contribution in [1.82, 2.24) is 10.2 Å². The predicted molar refractivity (Wildman–Crippen MR) is 122 cm³/mol. The molecule has 0 saturated heterocycles. The molecule has 0 aromatic heterocycles. The summed E-state index contributed by atoms with van der Waals surface area (Å²) in [6.07, 6.45) is 2.63. The molecule has 1 aliphatic rings. The number of nitrogens with zero attached hydrogens (tertiary/aromatic N) is 1. The summed E-state index contributed by atoms with van der Waals surface area (Å²) in [6.45, 7) is 0.929. The van der Waals surface area contributed by atoms with Gasteiger partial charge in [0.05, 0.1) is 33.4 Å². The van der Waals surface area contributed by atoms with E-state index >= 15 is 0 Å². The molecule has 0 unspecified atom stereocenters. The normalized spacial score (nSPS) is 13.3. The van der Waals surface area contributed by atoms with Crippen molar-refractivity contribution >= 4 is 33.3 Å². The van der Waals surface area contributed by atoms with E-state index in [1.54, 1.807) is 44.4 Å². The first-order chi connectivity index (χ1) is 15.0. The third kappa shape index (κ3) is 5.38. The molecule has 1 N–H and O–H groups in total. The van der Waals surface area contributed by atoms with Gasteiger partial charge in [0.25, 0.3) is 5.91 Å². The van der Waals surface area contributed by atoms with Gasteiger partial charge in [0.2, 0.25) is 5.91 Å². The smallest absolute Gasteiger partial charge is 0.251 e. The van der Waals surface area contributed by atoms with Gasteiger partial charge in [-0.1, -0.05) is 28.1 Å². The Morgan fingerprint density at radius 2 is 1.77 bits per heavy atom. The number of carbonyl (C=O) groups is 2. The second-order valence-electron chi connectivity index (χ2n) is 6.92. The van der Waals surface area contributed by atoms with Crippen molar-refractivity contribution in [2.75, 3.05) is 41.0 Å². The maximum atomic E-state index is 12.6. The van der Waals surface area contributed by atoms with Gasteiger partial charge in [0, 0.05) is 35.3 Å². The summed E-state index contributed by atoms with van der Waals surface area (Å²) in [5, 5.41) is 2.69. The SMILES string of the molecule is COc1cc(OC)c(C2=CCN(C(=O)CNC(=O)c3cccc(Br)c3)CC2)c(OC)c1. The molecular weight excluding hydrogens is 464 g/mol. The largest absolute Gasteiger partial charge is 0.496 e. The summed E-state index contributed by atoms with van der Waals surface area (Å²) < 4.78 is 17.2. The van der Waals surface area contributed by atoms with Crippen LogP contribution < -0.4 is 19.5 Å². The molecule has 1 heterocycles. The van der Waals surface area contributed by atoms with Crippen molar-refractivity contribution in [3.05, 3.63) is 58.1 Å². The molecular formula is C23H25BrN2O5. The highest BCUT2D eigenvalue weighted by Gasteiger charge is 2.23. The van der Waals surface area contributed by atoms with E-state index in [-0.39, 0.29) is 18.4 Å². The number of benzene rings is 2. The van der Waals surface area contributed by atoms with Crippen molar-refractivity contribution in [1.29, 1.82) is 0 Å². The summed E-state index contributed by atoms with van der Waals surface area (Å²) in [6, 6.07) is 10.7. The van der Waals surface area contributed by atoms with Crippen molar-refractivity contribution < 1.29 is 23.8 Å². The van der Waals surface area contributed by atoms with E-state index in [9.17, 15) is 9.59 Å². The zero-order valence-electron chi connectivity index (χ0n) is 17.7. The van der Waals surface area contributed by atoms with Gasteiger partial charge in [-0.25, -0.2) is 0 Å². The number of halogens is 1. The average molecular weight is 489 g/mol. The number of hydrogen-bond donors (Lipinski definition) is 1. The van der Waals surface area contributed by atoms with Crippen molar-refractivity contribution in [2.45, 2.75) is 6.42 Å². The van der Waals surface area contributed by atoms with E-state index in [4.69, 9.17) is 14.2 Å². The molecule has 0 aliphatic carbocycles. The number of nitrogens with one attached hydrogen (secondary N) is 1. The van der Waals surface area contributed by atoms with Crippen LogP contribution in [0.5, 0.6) is 17.2 Å². The molecule has 7 nitrogen and oxygen atoms in total. The summed E-state index contributed by atoms with van der Waals surface area (Å²) in [5.74, 6) is 1.54. The lowest BCUT2D eigenvalue weighted by molar-refractivity contribution is -0.129. The van der Waals surface area contributed by atoms with E-state index in [0.717, 1.165) is 15.6 Å². The lowest BCUT2D eigenvalue weighted by atomic mass is 9.97. The second kappa shape index (κ2) is 10.3. The minimum absolute atomic E-state index is 0.0519. The Morgan fingerprint density at radius 3 is 2.32 bits per heavy atom. The Morgan fingerprint density at radius 1 is 1.06 bits per heavy atom. The topological polar surface area (TPSA) is 77.1 Å². The Bertz CT molecular complexity index is 980. The third-order valence-corrected chi connectivity index (χ3v) is 5.58. The number of ether oxygens (including phenoxy) is 3. The lowest BCUT2D eigenvalue weighted by Gasteiger charge is -2.28. The minimum atomic E-state index is -0.282. The van der Waals surface area contributed by atoms with E-state index in [0.29, 0.717) is 42.3 Å². The standard InChI is InChI=1S/C23H25BrN2O5/c1-29-18-12-19(30-2)22(20(13-18)31-3)15-7-9-26(10-8-15)21(27)14-25-23(28)16-5-4-6-17(24)11-16/h4-7,11-13H,8-10,14H2,1-3H3,(H,25,28). The summed E-state index contributed by atoms with van der Waals surface area (Å²) in [5.41, 5.74) is 2.40. The molecule has 0 spiro atoms. The van der Waals surface area contributed by atoms with Crippen LogP contribution in [0.15, 0.2) is 46.9 Å². The quantitative estimate of drug-likeness (QED) is 0.644. The second-order valence-corrected chi connectivity index (χ2v) is 7.83. The highest BCUT2D eigenvalue weighted by atomic mass is 79.9. The maximum Gasteiger partial charge on any atom is 0.251 e. The average Bonchev–Trinajstić information content (AvgIpc) is 2.81. The van der Waals surface area contributed by atoms with E-state index in [1.807, 2.05) is 24.3 Å². The van der Waals surface area contributed by atoms with Crippen LogP contribution in [0.4, 0.5) is 0 Å². The zero-order chi connectivity index (χ0) is 22.4. The number of carbonyl (C=O) groups excluding carboxylic acids is 2. The van der Waals surface area contributed by atoms with E-state index in [2.05, 4.69) is 21.2 Å². The van der Waals surface area contributed by atoms with Gasteiger partial charge in [-0.05, 0) is 30.2 Å². The fraction of sp³-hybridized carbons (Fsp3) is 0.304. The highest BCUT2D eigenvalue weighted by Crippen LogP contribution is 2.40. The molecule has 31 heavy (non-hydrogen) atoms. The van der Waals surface area contributed by atoms with E-state index < -0.39 is 0 Å². The van der Waals surface area contributed by atoms with Gasteiger partial charge in [-0.3, -0.25) is 9.59 Å². The van der Waals surface area contributed by atoms with Crippen LogP contribution in [0, 0.1) is 0 Å². The summed E-state index contributed by atoms with van der Waals surface area (Å²) in [4.78, 5) is 26.6. The van der Waals surface area contributed by atoms with Crippen LogP contribution in [0.25, 0.3) is 5.57 Å². The Hall–Kier alpha value is -3.00. The molecule has 164 valence electrons. The fourth-order valence-electron chi connectivity index (χ4n) is 3.44. The molecule has 0 radical (unpaired) electrons. The van der Waals surface area contributed by atoms with E-state index in [1.165, 1.54) is 0 Å². The molecule has 3 rings (SSSR count). The van der Waals surface area contributed by atoms with Crippen molar-refractivity contribution in [3.63, 3.8) is 0 Å². The Labute approximate surface area is 190 Å². The first kappa shape index (κ1) is 22.7. The molecule has 0 bridgehead atoms. The van der Waals surface area contributed by atoms with Crippen LogP contribution in [-0.2, 0) is 4.79 Å². The highest BCUT2D eigenvalue weighted by molar-refractivity contribution is 9.10. The molecule has 2 aromatic rings. The molecule has 1 aliphatic heterocycles. The van der Waals surface area contributed by atoms with Gasteiger partial charge in [-0.2, -0.15) is 0 Å². The van der Waals surface area contributed by atoms with Crippen LogP contribution in [0.1, 0.15) is 22.3 Å². The monoisotopic (exact) mass is 488 g/mol. The summed E-state index contributed by atoms with van der Waals surface area (Å²) >= 11 is 3.34. The molecule has 0 fully saturated rings. The molecule has 8 heteroatoms. The zero-order valence-corrected chi connectivity index (χ0v) is 19.3. The van der Waals surface area contributed by atoms with Gasteiger partial charge in [0.15, 0.2) is 0 Å². The first-order valence-corrected chi connectivity index (χ1v) is 10.6. The Kier molecular flexibility index (Phi) is 7.57. The summed E-state index contributed by atoms with van der Waals surface area (Å²) in [7, 11) is 4.79. The van der Waals surface area contributed by atoms with Gasteiger partial charge in [-0.15, -0.1) is 0 Å². The first-order valence-electron chi connectivity index (χ1n) is 9.77. The maximum absolute atomic E-state index is 12.6. The number of hydrogen-bond acceptors (Lipinski definition) is 5. The Balaban J connectivity index is 1.66. The minimum Gasteiger partial charge on any atom is -0.496 e. The third-order valence-electron chi connectivity index (χ3n) is 5.08. The van der Waals surface area contributed by atoms with Crippen molar-refractivity contribution in [3.8, 4) is 17.2 Å². The number of methoxy groups -OCH3 is 3. The molecule has 0 atom stereocenters. The van der Waals surface area contributed by atoms with Gasteiger partial charge >= 0.3 is 0 Å². The number of rotatable bonds is 7. The fourth-order valence-corrected chi connectivity index (χ4v) is 3.84. The lowest BCUT2D eigenvalue weighted by Crippen LogP contribution is -2.42. The van der Waals surface area contributed by atoms with Crippen LogP contribution >= 0.6 is 15.9 Å². The predicted octanol–water partition coefficient (Wildman–Crippen LogP) is 3.52. The van der Waals surface area contributed by atoms with Crippen LogP contribution in [0.2, 0.25) is 0 Å². The van der Waals surface area contributed by atoms with Crippen LogP contribution in [-0.4, -0.2) is 57.7 Å². The number of amides is 2.